The Balaban J connectivity index is 2.00. The molecule has 176 valence electrons. The number of rotatable bonds is 12. The van der Waals surface area contributed by atoms with E-state index < -0.39 is 5.97 Å². The molecule has 0 aliphatic heterocycles. The van der Waals surface area contributed by atoms with Gasteiger partial charge in [-0.15, -0.1) is 0 Å². The van der Waals surface area contributed by atoms with Crippen LogP contribution in [-0.2, 0) is 17.8 Å². The number of carboxylic acids is 1. The Labute approximate surface area is 196 Å². The van der Waals surface area contributed by atoms with Crippen molar-refractivity contribution in [2.75, 3.05) is 5.32 Å². The van der Waals surface area contributed by atoms with Gasteiger partial charge in [0.1, 0.15) is 0 Å². The number of hydrogen-bond donors (Lipinski definition) is 3. The van der Waals surface area contributed by atoms with Gasteiger partial charge in [-0.3, -0.25) is 9.59 Å². The van der Waals surface area contributed by atoms with E-state index in [1.165, 1.54) is 5.56 Å². The molecular weight excluding hydrogens is 414 g/mol. The van der Waals surface area contributed by atoms with Crippen molar-refractivity contribution in [3.8, 4) is 0 Å². The van der Waals surface area contributed by atoms with Crippen LogP contribution in [0.4, 0.5) is 5.69 Å². The topological polar surface area (TPSA) is 95.7 Å². The van der Waals surface area contributed by atoms with Crippen LogP contribution in [0.15, 0.2) is 72.0 Å². The highest BCUT2D eigenvalue weighted by atomic mass is 16.4. The van der Waals surface area contributed by atoms with Crippen molar-refractivity contribution in [3.63, 3.8) is 0 Å². The summed E-state index contributed by atoms with van der Waals surface area (Å²) in [7, 11) is 0. The summed E-state index contributed by atoms with van der Waals surface area (Å²) in [4.78, 5) is 23.5. The van der Waals surface area contributed by atoms with Crippen LogP contribution in [0.3, 0.4) is 0 Å². The van der Waals surface area contributed by atoms with E-state index in [0.717, 1.165) is 41.7 Å². The molecule has 2 aromatic rings. The number of hydrogen-bond acceptors (Lipinski definition) is 4. The molecule has 0 bridgehead atoms. The zero-order valence-electron chi connectivity index (χ0n) is 19.9. The highest BCUT2D eigenvalue weighted by Crippen LogP contribution is 2.22. The summed E-state index contributed by atoms with van der Waals surface area (Å²) in [6, 6.07) is 15.3. The van der Waals surface area contributed by atoms with Gasteiger partial charge in [0.25, 0.3) is 5.91 Å². The van der Waals surface area contributed by atoms with E-state index in [9.17, 15) is 9.59 Å². The highest BCUT2D eigenvalue weighted by molar-refractivity contribution is 6.04. The van der Waals surface area contributed by atoms with Gasteiger partial charge in [-0.25, -0.2) is 5.84 Å². The van der Waals surface area contributed by atoms with Gasteiger partial charge in [-0.1, -0.05) is 49.8 Å². The van der Waals surface area contributed by atoms with E-state index >= 15 is 0 Å². The minimum atomic E-state index is -0.852. The normalized spacial score (nSPS) is 11.5. The van der Waals surface area contributed by atoms with Gasteiger partial charge < -0.3 is 15.4 Å². The summed E-state index contributed by atoms with van der Waals surface area (Å²) in [6.07, 6.45) is 3.73. The number of amides is 1. The number of aliphatic carboxylic acids is 1. The minimum Gasteiger partial charge on any atom is -0.481 e. The smallest absolute Gasteiger partial charge is 0.303 e. The van der Waals surface area contributed by atoms with Gasteiger partial charge in [0.15, 0.2) is 0 Å². The number of nitrogens with one attached hydrogen (secondary N) is 1. The average molecular weight is 450 g/mol. The predicted octanol–water partition coefficient (Wildman–Crippen LogP) is 5.67. The Hall–Kier alpha value is -3.38. The lowest BCUT2D eigenvalue weighted by Crippen LogP contribution is -2.29. The predicted molar refractivity (Wildman–Crippen MR) is 134 cm³/mol. The van der Waals surface area contributed by atoms with Gasteiger partial charge >= 0.3 is 5.97 Å². The lowest BCUT2D eigenvalue weighted by atomic mass is 10.0. The van der Waals surface area contributed by atoms with Crippen LogP contribution in [0, 0.1) is 0 Å². The number of allylic oxidation sites excluding steroid dienone is 3. The number of benzene rings is 2. The summed E-state index contributed by atoms with van der Waals surface area (Å²) in [5, 5.41) is 13.5. The fraction of sp³-hybridized carbons (Fsp3) is 0.333. The number of carbonyl (C=O) groups is 2. The first kappa shape index (κ1) is 25.9. The van der Waals surface area contributed by atoms with E-state index in [4.69, 9.17) is 10.9 Å². The maximum absolute atomic E-state index is 12.5. The second-order valence-electron chi connectivity index (χ2n) is 8.32. The Morgan fingerprint density at radius 3 is 2.15 bits per heavy atom. The molecule has 4 N–H and O–H groups in total. The van der Waals surface area contributed by atoms with E-state index in [1.807, 2.05) is 62.4 Å². The van der Waals surface area contributed by atoms with Crippen LogP contribution in [0.25, 0.3) is 0 Å². The highest BCUT2D eigenvalue weighted by Gasteiger charge is 2.12. The molecule has 0 saturated carbocycles. The lowest BCUT2D eigenvalue weighted by Gasteiger charge is -2.23. The zero-order chi connectivity index (χ0) is 24.4. The monoisotopic (exact) mass is 449 g/mol. The first-order chi connectivity index (χ1) is 15.7. The van der Waals surface area contributed by atoms with Gasteiger partial charge in [-0.05, 0) is 74.1 Å². The van der Waals surface area contributed by atoms with E-state index in [1.54, 1.807) is 5.01 Å². The molecule has 0 aromatic heterocycles. The third-order valence-corrected chi connectivity index (χ3v) is 5.57. The molecular formula is C27H35N3O3. The molecule has 2 rings (SSSR count). The maximum Gasteiger partial charge on any atom is 0.303 e. The second-order valence-corrected chi connectivity index (χ2v) is 8.32. The molecule has 6 nitrogen and oxygen atoms in total. The standard InChI is InChI=1S/C27H35N3O3/c1-5-6-7-21-8-12-23(13-9-21)27(33)29-24-14-10-22(11-15-24)18-30(28)20(4)25(19(2)3)16-17-26(31)32/h8-15H,2,5-7,16-18,28H2,1,3-4H3,(H,29,33)(H,31,32)/b25-20-. The number of nitrogens with zero attached hydrogens (tertiary/aromatic N) is 1. The van der Waals surface area contributed by atoms with Crippen molar-refractivity contribution < 1.29 is 14.7 Å². The molecule has 0 spiro atoms. The van der Waals surface area contributed by atoms with Gasteiger partial charge in [0.05, 0.1) is 6.54 Å². The molecule has 2 aromatic carbocycles. The first-order valence-electron chi connectivity index (χ1n) is 11.3. The van der Waals surface area contributed by atoms with E-state index in [2.05, 4.69) is 18.8 Å². The summed E-state index contributed by atoms with van der Waals surface area (Å²) < 4.78 is 0. The molecule has 1 amide bonds. The van der Waals surface area contributed by atoms with Gasteiger partial charge in [-0.2, -0.15) is 0 Å². The molecule has 0 aliphatic rings. The molecule has 0 unspecified atom stereocenters. The Morgan fingerprint density at radius 1 is 1.00 bits per heavy atom. The van der Waals surface area contributed by atoms with Crippen LogP contribution in [0.1, 0.15) is 67.9 Å². The largest absolute Gasteiger partial charge is 0.481 e. The molecule has 0 atom stereocenters. The van der Waals surface area contributed by atoms with Crippen LogP contribution in [-0.4, -0.2) is 22.0 Å². The Bertz CT molecular complexity index is 992. The van der Waals surface area contributed by atoms with Gasteiger partial charge in [0.2, 0.25) is 0 Å². The van der Waals surface area contributed by atoms with Crippen molar-refractivity contribution in [2.24, 2.45) is 5.84 Å². The quantitative estimate of drug-likeness (QED) is 0.220. The number of carbonyl (C=O) groups excluding carboxylic acids is 1. The summed E-state index contributed by atoms with van der Waals surface area (Å²) in [5.74, 6) is 5.25. The Morgan fingerprint density at radius 2 is 1.61 bits per heavy atom. The van der Waals surface area contributed by atoms with Crippen LogP contribution in [0.5, 0.6) is 0 Å². The molecule has 33 heavy (non-hydrogen) atoms. The number of nitrogens with two attached hydrogens (primary N) is 1. The Kier molecular flexibility index (Phi) is 9.88. The zero-order valence-corrected chi connectivity index (χ0v) is 19.9. The molecule has 0 fully saturated rings. The first-order valence-corrected chi connectivity index (χ1v) is 11.3. The maximum atomic E-state index is 12.5. The van der Waals surface area contributed by atoms with Gasteiger partial charge in [0, 0.05) is 23.4 Å². The summed E-state index contributed by atoms with van der Waals surface area (Å²) in [6.45, 7) is 10.3. The third-order valence-electron chi connectivity index (χ3n) is 5.57. The average Bonchev–Trinajstić information content (AvgIpc) is 2.78. The molecule has 0 radical (unpaired) electrons. The minimum absolute atomic E-state index is 0.0310. The van der Waals surface area contributed by atoms with Crippen molar-refractivity contribution in [1.29, 1.82) is 0 Å². The summed E-state index contributed by atoms with van der Waals surface area (Å²) in [5.41, 5.74) is 6.00. The molecule has 0 saturated heterocycles. The third kappa shape index (κ3) is 8.24. The van der Waals surface area contributed by atoms with Crippen LogP contribution < -0.4 is 11.2 Å². The number of carboxylic acid groups (broad SMARTS) is 1. The molecule has 0 heterocycles. The van der Waals surface area contributed by atoms with E-state index in [-0.39, 0.29) is 12.3 Å². The van der Waals surface area contributed by atoms with E-state index in [0.29, 0.717) is 24.2 Å². The number of aryl methyl sites for hydroxylation is 1. The number of anilines is 1. The number of hydrazine groups is 1. The lowest BCUT2D eigenvalue weighted by molar-refractivity contribution is -0.136. The fourth-order valence-corrected chi connectivity index (χ4v) is 3.52. The van der Waals surface area contributed by atoms with Crippen molar-refractivity contribution in [2.45, 2.75) is 59.4 Å². The molecule has 0 aliphatic carbocycles. The fourth-order valence-electron chi connectivity index (χ4n) is 3.52. The van der Waals surface area contributed by atoms with Crippen molar-refractivity contribution in [3.05, 3.63) is 88.6 Å². The SMILES string of the molecule is C=C(C)/C(CCC(=O)O)=C(/C)N(N)Cc1ccc(NC(=O)c2ccc(CCCC)cc2)cc1. The second kappa shape index (κ2) is 12.6. The van der Waals surface area contributed by atoms with Crippen LogP contribution >= 0.6 is 0 Å². The summed E-state index contributed by atoms with van der Waals surface area (Å²) >= 11 is 0. The van der Waals surface area contributed by atoms with Crippen molar-refractivity contribution >= 4 is 17.6 Å². The number of unbranched alkanes of at least 4 members (excludes halogenated alkanes) is 1. The molecule has 6 heteroatoms. The van der Waals surface area contributed by atoms with Crippen LogP contribution in [0.2, 0.25) is 0 Å². The van der Waals surface area contributed by atoms with Crippen molar-refractivity contribution in [1.82, 2.24) is 5.01 Å².